The molecule has 0 saturated carbocycles. The first-order chi connectivity index (χ1) is 14.0. The van der Waals surface area contributed by atoms with Crippen molar-refractivity contribution in [1.29, 1.82) is 0 Å². The van der Waals surface area contributed by atoms with Crippen LogP contribution in [-0.2, 0) is 6.54 Å². The van der Waals surface area contributed by atoms with Gasteiger partial charge in [-0.2, -0.15) is 8.78 Å². The number of piperidine rings is 1. The Hall–Kier alpha value is -2.96. The number of carbonyl (C=O) groups is 1. The number of rotatable bonds is 5. The zero-order valence-electron chi connectivity index (χ0n) is 16.3. The minimum absolute atomic E-state index is 0.171. The summed E-state index contributed by atoms with van der Waals surface area (Å²) in [5.74, 6) is 1.35. The molecule has 1 saturated heterocycles. The predicted octanol–water partition coefficient (Wildman–Crippen LogP) is 4.60. The van der Waals surface area contributed by atoms with Crippen molar-refractivity contribution in [3.8, 4) is 0 Å². The first kappa shape index (κ1) is 19.4. The molecule has 0 aliphatic carbocycles. The van der Waals surface area contributed by atoms with Gasteiger partial charge in [-0.05, 0) is 42.5 Å². The molecule has 0 radical (unpaired) electrons. The lowest BCUT2D eigenvalue weighted by Gasteiger charge is -2.31. The van der Waals surface area contributed by atoms with Crippen molar-refractivity contribution in [3.05, 3.63) is 59.9 Å². The molecular weight excluding hydrogens is 374 g/mol. The van der Waals surface area contributed by atoms with Gasteiger partial charge in [0.15, 0.2) is 0 Å². The molecule has 1 amide bonds. The topological polar surface area (TPSA) is 50.2 Å². The number of hydrogen-bond acceptors (Lipinski definition) is 3. The van der Waals surface area contributed by atoms with Crippen LogP contribution in [-0.4, -0.2) is 28.5 Å². The highest BCUT2D eigenvalue weighted by atomic mass is 19.3. The van der Waals surface area contributed by atoms with E-state index in [2.05, 4.69) is 22.1 Å². The molecule has 0 unspecified atom stereocenters. The van der Waals surface area contributed by atoms with Gasteiger partial charge in [0.1, 0.15) is 5.82 Å². The van der Waals surface area contributed by atoms with Crippen molar-refractivity contribution in [2.24, 2.45) is 5.92 Å². The summed E-state index contributed by atoms with van der Waals surface area (Å²) in [5, 5.41) is 3.52. The average Bonchev–Trinajstić information content (AvgIpc) is 3.12. The molecule has 1 fully saturated rings. The number of alkyl halides is 2. The van der Waals surface area contributed by atoms with Gasteiger partial charge in [0, 0.05) is 37.4 Å². The van der Waals surface area contributed by atoms with Gasteiger partial charge in [-0.1, -0.05) is 25.1 Å². The van der Waals surface area contributed by atoms with E-state index in [0.717, 1.165) is 42.2 Å². The molecule has 1 N–H and O–H groups in total. The van der Waals surface area contributed by atoms with Crippen LogP contribution in [0.1, 0.15) is 42.2 Å². The molecule has 7 heteroatoms. The highest BCUT2D eigenvalue weighted by molar-refractivity contribution is 5.94. The van der Waals surface area contributed by atoms with E-state index in [1.807, 2.05) is 6.07 Å². The molecule has 1 aliphatic rings. The smallest absolute Gasteiger partial charge is 0.319 e. The molecule has 1 aromatic carbocycles. The molecule has 152 valence electrons. The van der Waals surface area contributed by atoms with E-state index in [4.69, 9.17) is 0 Å². The quantitative estimate of drug-likeness (QED) is 0.684. The molecule has 4 rings (SSSR count). The number of fused-ring (bicyclic) bond motifs is 1. The van der Waals surface area contributed by atoms with Gasteiger partial charge in [-0.15, -0.1) is 0 Å². The molecule has 0 bridgehead atoms. The number of halogens is 2. The van der Waals surface area contributed by atoms with Crippen LogP contribution >= 0.6 is 0 Å². The second-order valence-corrected chi connectivity index (χ2v) is 7.61. The van der Waals surface area contributed by atoms with Crippen molar-refractivity contribution in [2.45, 2.75) is 32.9 Å². The van der Waals surface area contributed by atoms with Gasteiger partial charge in [0.25, 0.3) is 5.91 Å². The number of benzene rings is 1. The number of pyridine rings is 1. The third kappa shape index (κ3) is 4.09. The number of hydrogen-bond donors (Lipinski definition) is 1. The zero-order chi connectivity index (χ0) is 20.4. The minimum Gasteiger partial charge on any atom is -0.357 e. The normalized spacial score (nSPS) is 15.2. The van der Waals surface area contributed by atoms with Crippen molar-refractivity contribution >= 4 is 22.6 Å². The average molecular weight is 398 g/mol. The SMILES string of the molecule is CC1CCN(c2ccc(C(=O)NCc3cn(C(F)F)c4ccccc34)cn2)CC1. The molecule has 2 aromatic heterocycles. The number of amides is 1. The molecule has 1 aliphatic heterocycles. The second-order valence-electron chi connectivity index (χ2n) is 7.61. The minimum atomic E-state index is -2.63. The van der Waals surface area contributed by atoms with E-state index >= 15 is 0 Å². The van der Waals surface area contributed by atoms with Gasteiger partial charge in [0.2, 0.25) is 0 Å². The van der Waals surface area contributed by atoms with E-state index in [9.17, 15) is 13.6 Å². The Labute approximate surface area is 168 Å². The fourth-order valence-corrected chi connectivity index (χ4v) is 3.80. The summed E-state index contributed by atoms with van der Waals surface area (Å²) in [4.78, 5) is 19.2. The Morgan fingerprint density at radius 2 is 1.97 bits per heavy atom. The predicted molar refractivity (Wildman–Crippen MR) is 109 cm³/mol. The highest BCUT2D eigenvalue weighted by Gasteiger charge is 2.18. The summed E-state index contributed by atoms with van der Waals surface area (Å²) in [6.07, 6.45) is 5.27. The standard InChI is InChI=1S/C22H24F2N4O/c1-15-8-10-27(11-9-15)20-7-6-16(12-25-20)21(29)26-13-17-14-28(22(23)24)19-5-3-2-4-18(17)19/h2-7,12,14-15,22H,8-11,13H2,1H3,(H,26,29). The van der Waals surface area contributed by atoms with Crippen molar-refractivity contribution in [1.82, 2.24) is 14.9 Å². The summed E-state index contributed by atoms with van der Waals surface area (Å²) in [7, 11) is 0. The zero-order valence-corrected chi connectivity index (χ0v) is 16.3. The summed E-state index contributed by atoms with van der Waals surface area (Å²) in [6.45, 7) is 1.77. The second kappa shape index (κ2) is 8.19. The first-order valence-electron chi connectivity index (χ1n) is 9.88. The number of nitrogens with zero attached hydrogens (tertiary/aromatic N) is 3. The molecule has 0 atom stereocenters. The van der Waals surface area contributed by atoms with Gasteiger partial charge in [-0.25, -0.2) is 4.98 Å². The largest absolute Gasteiger partial charge is 0.357 e. The van der Waals surface area contributed by atoms with E-state index in [0.29, 0.717) is 22.0 Å². The summed E-state index contributed by atoms with van der Waals surface area (Å²) < 4.78 is 27.4. The van der Waals surface area contributed by atoms with Crippen LogP contribution in [0.3, 0.4) is 0 Å². The summed E-state index contributed by atoms with van der Waals surface area (Å²) in [5.41, 5.74) is 1.56. The van der Waals surface area contributed by atoms with Gasteiger partial charge >= 0.3 is 6.55 Å². The van der Waals surface area contributed by atoms with E-state index in [-0.39, 0.29) is 12.5 Å². The van der Waals surface area contributed by atoms with Crippen LogP contribution in [0.25, 0.3) is 10.9 Å². The molecule has 3 aromatic rings. The molecule has 29 heavy (non-hydrogen) atoms. The molecular formula is C22H24F2N4O. The van der Waals surface area contributed by atoms with Gasteiger partial charge in [-0.3, -0.25) is 9.36 Å². The van der Waals surface area contributed by atoms with Crippen LogP contribution < -0.4 is 10.2 Å². The Balaban J connectivity index is 1.43. The fourth-order valence-electron chi connectivity index (χ4n) is 3.80. The van der Waals surface area contributed by atoms with Crippen LogP contribution in [0.2, 0.25) is 0 Å². The van der Waals surface area contributed by atoms with Crippen molar-refractivity contribution in [2.75, 3.05) is 18.0 Å². The number of carbonyl (C=O) groups excluding carboxylic acids is 1. The Morgan fingerprint density at radius 3 is 2.66 bits per heavy atom. The summed E-state index contributed by atoms with van der Waals surface area (Å²) >= 11 is 0. The van der Waals surface area contributed by atoms with Crippen LogP contribution in [0.5, 0.6) is 0 Å². The molecule has 3 heterocycles. The number of nitrogens with one attached hydrogen (secondary N) is 1. The first-order valence-corrected chi connectivity index (χ1v) is 9.88. The van der Waals surface area contributed by atoms with E-state index in [1.165, 1.54) is 6.20 Å². The summed E-state index contributed by atoms with van der Waals surface area (Å²) in [6, 6.07) is 10.6. The lowest BCUT2D eigenvalue weighted by molar-refractivity contribution is 0.0751. The Kier molecular flexibility index (Phi) is 5.47. The lowest BCUT2D eigenvalue weighted by atomic mass is 9.99. The van der Waals surface area contributed by atoms with Gasteiger partial charge in [0.05, 0.1) is 11.1 Å². The van der Waals surface area contributed by atoms with Crippen LogP contribution in [0, 0.1) is 5.92 Å². The maximum Gasteiger partial charge on any atom is 0.319 e. The monoisotopic (exact) mass is 398 g/mol. The molecule has 0 spiro atoms. The van der Waals surface area contributed by atoms with Gasteiger partial charge < -0.3 is 10.2 Å². The Bertz CT molecular complexity index is 992. The van der Waals surface area contributed by atoms with E-state index < -0.39 is 6.55 Å². The third-order valence-corrected chi connectivity index (χ3v) is 5.59. The maximum absolute atomic E-state index is 13.3. The number of anilines is 1. The van der Waals surface area contributed by atoms with Crippen LogP contribution in [0.4, 0.5) is 14.6 Å². The third-order valence-electron chi connectivity index (χ3n) is 5.59. The fraction of sp³-hybridized carbons (Fsp3) is 0.364. The molecule has 5 nitrogen and oxygen atoms in total. The Morgan fingerprint density at radius 1 is 1.21 bits per heavy atom. The number of aromatic nitrogens is 2. The van der Waals surface area contributed by atoms with Crippen molar-refractivity contribution in [3.63, 3.8) is 0 Å². The lowest BCUT2D eigenvalue weighted by Crippen LogP contribution is -2.33. The highest BCUT2D eigenvalue weighted by Crippen LogP contribution is 2.26. The maximum atomic E-state index is 13.3. The number of para-hydroxylation sites is 1. The van der Waals surface area contributed by atoms with Crippen molar-refractivity contribution < 1.29 is 13.6 Å². The van der Waals surface area contributed by atoms with Crippen LogP contribution in [0.15, 0.2) is 48.8 Å². The van der Waals surface area contributed by atoms with E-state index in [1.54, 1.807) is 36.5 Å².